The molecule has 1 N–H and O–H groups in total. The van der Waals surface area contributed by atoms with Crippen molar-refractivity contribution in [2.45, 2.75) is 30.9 Å². The fraction of sp³-hybridized carbons (Fsp3) is 0.368. The summed E-state index contributed by atoms with van der Waals surface area (Å²) < 4.78 is 0. The molecule has 2 nitrogen and oxygen atoms in total. The van der Waals surface area contributed by atoms with Crippen LogP contribution in [-0.4, -0.2) is 29.6 Å². The zero-order chi connectivity index (χ0) is 14.7. The van der Waals surface area contributed by atoms with Gasteiger partial charge in [0.1, 0.15) is 5.60 Å². The molecule has 1 atom stereocenters. The van der Waals surface area contributed by atoms with Crippen LogP contribution < -0.4 is 0 Å². The van der Waals surface area contributed by atoms with Gasteiger partial charge in [0.15, 0.2) is 0 Å². The average Bonchev–Trinajstić information content (AvgIpc) is 2.56. The van der Waals surface area contributed by atoms with Crippen molar-refractivity contribution in [1.82, 2.24) is 4.90 Å². The standard InChI is InChI=1S/C19H23NO/c1-20-15-9-8-14-18(20)19(21,16-10-4-2-5-11-16)17-12-6-3-7-13-17/h2-7,10-13,18,21H,8-9,14-15H2,1H3. The van der Waals surface area contributed by atoms with E-state index in [9.17, 15) is 5.11 Å². The van der Waals surface area contributed by atoms with Gasteiger partial charge in [0.25, 0.3) is 0 Å². The lowest BCUT2D eigenvalue weighted by Crippen LogP contribution is -2.52. The normalized spacial score (nSPS) is 20.4. The highest BCUT2D eigenvalue weighted by Gasteiger charge is 2.42. The second-order valence-corrected chi connectivity index (χ2v) is 5.99. The van der Waals surface area contributed by atoms with Gasteiger partial charge in [0.05, 0.1) is 0 Å². The van der Waals surface area contributed by atoms with Crippen LogP contribution in [0.1, 0.15) is 30.4 Å². The first-order valence-corrected chi connectivity index (χ1v) is 7.76. The Bertz CT molecular complexity index is 527. The van der Waals surface area contributed by atoms with Crippen LogP contribution in [0.15, 0.2) is 60.7 Å². The second-order valence-electron chi connectivity index (χ2n) is 5.99. The van der Waals surface area contributed by atoms with Crippen LogP contribution in [0.3, 0.4) is 0 Å². The fourth-order valence-corrected chi connectivity index (χ4v) is 3.54. The van der Waals surface area contributed by atoms with E-state index in [1.165, 1.54) is 12.8 Å². The summed E-state index contributed by atoms with van der Waals surface area (Å²) in [4.78, 5) is 2.31. The molecule has 0 radical (unpaired) electrons. The number of piperidine rings is 1. The molecule has 1 unspecified atom stereocenters. The van der Waals surface area contributed by atoms with Crippen molar-refractivity contribution >= 4 is 0 Å². The van der Waals surface area contributed by atoms with Crippen molar-refractivity contribution in [3.05, 3.63) is 71.8 Å². The van der Waals surface area contributed by atoms with Crippen LogP contribution in [-0.2, 0) is 5.60 Å². The smallest absolute Gasteiger partial charge is 0.130 e. The summed E-state index contributed by atoms with van der Waals surface area (Å²) in [6.45, 7) is 1.05. The summed E-state index contributed by atoms with van der Waals surface area (Å²) in [6.07, 6.45) is 3.42. The minimum absolute atomic E-state index is 0.121. The van der Waals surface area contributed by atoms with E-state index in [1.807, 2.05) is 60.7 Å². The van der Waals surface area contributed by atoms with Gasteiger partial charge in [-0.2, -0.15) is 0 Å². The largest absolute Gasteiger partial charge is 0.379 e. The summed E-state index contributed by atoms with van der Waals surface area (Å²) in [5, 5.41) is 11.7. The Morgan fingerprint density at radius 2 is 1.43 bits per heavy atom. The number of likely N-dealkylation sites (tertiary alicyclic amines) is 1. The molecule has 1 aliphatic heterocycles. The van der Waals surface area contributed by atoms with Crippen LogP contribution in [0.25, 0.3) is 0 Å². The summed E-state index contributed by atoms with van der Waals surface area (Å²) in [7, 11) is 2.13. The van der Waals surface area contributed by atoms with Crippen molar-refractivity contribution in [2.24, 2.45) is 0 Å². The first kappa shape index (κ1) is 14.3. The lowest BCUT2D eigenvalue weighted by atomic mass is 9.76. The van der Waals surface area contributed by atoms with E-state index < -0.39 is 5.60 Å². The van der Waals surface area contributed by atoms with E-state index in [0.717, 1.165) is 24.1 Å². The average molecular weight is 281 g/mol. The maximum absolute atomic E-state index is 11.7. The van der Waals surface area contributed by atoms with Crippen LogP contribution in [0, 0.1) is 0 Å². The molecule has 0 amide bonds. The molecule has 1 aliphatic rings. The van der Waals surface area contributed by atoms with Gasteiger partial charge in [0.2, 0.25) is 0 Å². The number of aliphatic hydroxyl groups is 1. The monoisotopic (exact) mass is 281 g/mol. The molecular formula is C19H23NO. The molecule has 2 aromatic rings. The van der Waals surface area contributed by atoms with E-state index in [1.54, 1.807) is 0 Å². The Morgan fingerprint density at radius 3 is 1.90 bits per heavy atom. The minimum Gasteiger partial charge on any atom is -0.379 e. The molecule has 0 bridgehead atoms. The highest BCUT2D eigenvalue weighted by molar-refractivity contribution is 5.38. The van der Waals surface area contributed by atoms with Crippen molar-refractivity contribution in [2.75, 3.05) is 13.6 Å². The van der Waals surface area contributed by atoms with Crippen LogP contribution in [0.4, 0.5) is 0 Å². The zero-order valence-corrected chi connectivity index (χ0v) is 12.6. The van der Waals surface area contributed by atoms with Crippen LogP contribution in [0.5, 0.6) is 0 Å². The Labute approximate surface area is 127 Å². The van der Waals surface area contributed by atoms with Crippen LogP contribution in [0.2, 0.25) is 0 Å². The summed E-state index contributed by atoms with van der Waals surface area (Å²) in [5.41, 5.74) is 1.02. The molecule has 2 aromatic carbocycles. The Hall–Kier alpha value is -1.64. The lowest BCUT2D eigenvalue weighted by Gasteiger charge is -2.44. The summed E-state index contributed by atoms with van der Waals surface area (Å²) >= 11 is 0. The number of hydrogen-bond acceptors (Lipinski definition) is 2. The molecule has 0 spiro atoms. The number of nitrogens with zero attached hydrogens (tertiary/aromatic N) is 1. The molecule has 1 saturated heterocycles. The topological polar surface area (TPSA) is 23.5 Å². The Morgan fingerprint density at radius 1 is 0.905 bits per heavy atom. The number of benzene rings is 2. The number of hydrogen-bond donors (Lipinski definition) is 1. The second kappa shape index (κ2) is 6.00. The third kappa shape index (κ3) is 2.61. The summed E-state index contributed by atoms with van der Waals surface area (Å²) in [6, 6.07) is 20.3. The van der Waals surface area contributed by atoms with Gasteiger partial charge >= 0.3 is 0 Å². The van der Waals surface area contributed by atoms with Gasteiger partial charge in [-0.1, -0.05) is 67.1 Å². The van der Waals surface area contributed by atoms with E-state index in [-0.39, 0.29) is 6.04 Å². The van der Waals surface area contributed by atoms with E-state index in [2.05, 4.69) is 11.9 Å². The first-order chi connectivity index (χ1) is 10.2. The predicted molar refractivity (Wildman–Crippen MR) is 86.2 cm³/mol. The molecule has 0 aliphatic carbocycles. The fourth-order valence-electron chi connectivity index (χ4n) is 3.54. The molecule has 0 aromatic heterocycles. The van der Waals surface area contributed by atoms with Gasteiger partial charge in [-0.05, 0) is 37.6 Å². The van der Waals surface area contributed by atoms with Gasteiger partial charge < -0.3 is 5.11 Å². The Balaban J connectivity index is 2.11. The minimum atomic E-state index is -0.947. The molecule has 0 saturated carbocycles. The predicted octanol–water partition coefficient (Wildman–Crippen LogP) is 3.41. The van der Waals surface area contributed by atoms with Crippen LogP contribution >= 0.6 is 0 Å². The third-order valence-electron chi connectivity index (χ3n) is 4.68. The first-order valence-electron chi connectivity index (χ1n) is 7.76. The molecule has 110 valence electrons. The molecular weight excluding hydrogens is 258 g/mol. The highest BCUT2D eigenvalue weighted by Crippen LogP contribution is 2.38. The van der Waals surface area contributed by atoms with Gasteiger partial charge in [-0.25, -0.2) is 0 Å². The molecule has 2 heteroatoms. The van der Waals surface area contributed by atoms with Gasteiger partial charge in [-0.3, -0.25) is 4.90 Å². The van der Waals surface area contributed by atoms with E-state index in [4.69, 9.17) is 0 Å². The third-order valence-corrected chi connectivity index (χ3v) is 4.68. The van der Waals surface area contributed by atoms with Crippen molar-refractivity contribution in [1.29, 1.82) is 0 Å². The maximum Gasteiger partial charge on any atom is 0.130 e. The van der Waals surface area contributed by atoms with Gasteiger partial charge in [-0.15, -0.1) is 0 Å². The van der Waals surface area contributed by atoms with Gasteiger partial charge in [0, 0.05) is 6.04 Å². The SMILES string of the molecule is CN1CCCCC1C(O)(c1ccccc1)c1ccccc1. The quantitative estimate of drug-likeness (QED) is 0.932. The maximum atomic E-state index is 11.7. The number of likely N-dealkylation sites (N-methyl/N-ethyl adjacent to an activating group) is 1. The lowest BCUT2D eigenvalue weighted by molar-refractivity contribution is -0.0276. The van der Waals surface area contributed by atoms with Crippen molar-refractivity contribution in [3.8, 4) is 0 Å². The van der Waals surface area contributed by atoms with E-state index in [0.29, 0.717) is 0 Å². The van der Waals surface area contributed by atoms with E-state index >= 15 is 0 Å². The molecule has 21 heavy (non-hydrogen) atoms. The summed E-state index contributed by atoms with van der Waals surface area (Å²) in [5.74, 6) is 0. The molecule has 1 fully saturated rings. The highest BCUT2D eigenvalue weighted by atomic mass is 16.3. The van der Waals surface area contributed by atoms with Crippen molar-refractivity contribution in [3.63, 3.8) is 0 Å². The zero-order valence-electron chi connectivity index (χ0n) is 12.6. The number of rotatable bonds is 3. The van der Waals surface area contributed by atoms with Crippen molar-refractivity contribution < 1.29 is 5.11 Å². The molecule has 1 heterocycles. The Kier molecular flexibility index (Phi) is 4.09. The molecule has 3 rings (SSSR count).